The summed E-state index contributed by atoms with van der Waals surface area (Å²) in [6.07, 6.45) is 0.989. The highest BCUT2D eigenvalue weighted by Crippen LogP contribution is 2.42. The topological polar surface area (TPSA) is 66.8 Å². The fourth-order valence-corrected chi connectivity index (χ4v) is 7.16. The Balaban J connectivity index is 2.03. The number of anilines is 1. The van der Waals surface area contributed by atoms with E-state index in [4.69, 9.17) is 0 Å². The lowest BCUT2D eigenvalue weighted by Gasteiger charge is -2.25. The van der Waals surface area contributed by atoms with Crippen LogP contribution >= 0.6 is 27.7 Å². The first-order valence-corrected chi connectivity index (χ1v) is 11.0. The molecule has 130 valence electrons. The first-order chi connectivity index (χ1) is 11.3. The zero-order chi connectivity index (χ0) is 17.5. The molecule has 24 heavy (non-hydrogen) atoms. The number of hydrogen-bond acceptors (Lipinski definition) is 4. The van der Waals surface area contributed by atoms with E-state index >= 15 is 0 Å². The van der Waals surface area contributed by atoms with Crippen molar-refractivity contribution < 1.29 is 17.6 Å². The maximum absolute atomic E-state index is 14.4. The molecule has 5 nitrogen and oxygen atoms in total. The van der Waals surface area contributed by atoms with Crippen LogP contribution in [0.5, 0.6) is 0 Å². The summed E-state index contributed by atoms with van der Waals surface area (Å²) < 4.78 is 38.9. The van der Waals surface area contributed by atoms with Gasteiger partial charge in [0.05, 0.1) is 23.2 Å². The van der Waals surface area contributed by atoms with E-state index in [1.165, 1.54) is 17.8 Å². The van der Waals surface area contributed by atoms with Crippen molar-refractivity contribution in [2.45, 2.75) is 31.1 Å². The van der Waals surface area contributed by atoms with Gasteiger partial charge in [-0.25, -0.2) is 12.8 Å². The number of amidine groups is 1. The summed E-state index contributed by atoms with van der Waals surface area (Å²) in [5, 5.41) is 0.158. The van der Waals surface area contributed by atoms with Crippen LogP contribution in [0.4, 0.5) is 10.1 Å². The fraction of sp³-hybridized carbons (Fsp3) is 0.467. The number of nitrogens with zero attached hydrogens (tertiary/aromatic N) is 2. The maximum atomic E-state index is 14.4. The number of aliphatic imine (C=N–C) groups is 1. The van der Waals surface area contributed by atoms with Crippen molar-refractivity contribution in [1.29, 1.82) is 0 Å². The highest BCUT2D eigenvalue weighted by molar-refractivity contribution is 9.10. The van der Waals surface area contributed by atoms with Gasteiger partial charge < -0.3 is 4.90 Å². The Hall–Kier alpha value is -0.930. The van der Waals surface area contributed by atoms with Crippen molar-refractivity contribution in [3.63, 3.8) is 0 Å². The molecule has 0 unspecified atom stereocenters. The largest absolute Gasteiger partial charge is 0.313 e. The molecule has 1 aromatic carbocycles. The SMILES string of the molecule is CCCC(=O)N=C1S[C@H]2CS(=O)(=O)C[C@H]2N1c1ccc(Br)cc1F. The molecule has 1 amide bonds. The molecule has 0 aliphatic carbocycles. The summed E-state index contributed by atoms with van der Waals surface area (Å²) >= 11 is 4.46. The Morgan fingerprint density at radius 3 is 2.88 bits per heavy atom. The number of thioether (sulfide) groups is 1. The van der Waals surface area contributed by atoms with Gasteiger partial charge in [-0.05, 0) is 24.6 Å². The van der Waals surface area contributed by atoms with E-state index in [-0.39, 0.29) is 28.4 Å². The second kappa shape index (κ2) is 6.76. The third-order valence-corrected chi connectivity index (χ3v) is 7.62. The van der Waals surface area contributed by atoms with Gasteiger partial charge in [-0.2, -0.15) is 4.99 Å². The second-order valence-corrected chi connectivity index (χ2v) is 10.1. The lowest BCUT2D eigenvalue weighted by atomic mass is 10.2. The molecule has 9 heteroatoms. The van der Waals surface area contributed by atoms with Crippen LogP contribution in [-0.2, 0) is 14.6 Å². The summed E-state index contributed by atoms with van der Waals surface area (Å²) in [7, 11) is -3.16. The van der Waals surface area contributed by atoms with Gasteiger partial charge in [0.15, 0.2) is 15.0 Å². The average molecular weight is 435 g/mol. The quantitative estimate of drug-likeness (QED) is 0.731. The Morgan fingerprint density at radius 2 is 2.21 bits per heavy atom. The van der Waals surface area contributed by atoms with Gasteiger partial charge in [-0.15, -0.1) is 0 Å². The highest BCUT2D eigenvalue weighted by Gasteiger charge is 2.49. The zero-order valence-electron chi connectivity index (χ0n) is 12.9. The number of halogens is 2. The average Bonchev–Trinajstić information content (AvgIpc) is 2.91. The second-order valence-electron chi connectivity index (χ2n) is 5.80. The molecule has 2 atom stereocenters. The molecule has 0 spiro atoms. The molecule has 2 aliphatic rings. The molecule has 0 bridgehead atoms. The van der Waals surface area contributed by atoms with Crippen LogP contribution in [-0.4, -0.2) is 42.3 Å². The Morgan fingerprint density at radius 1 is 1.46 bits per heavy atom. The molecule has 2 saturated heterocycles. The molecule has 0 saturated carbocycles. The number of sulfone groups is 1. The number of carbonyl (C=O) groups excluding carboxylic acids is 1. The van der Waals surface area contributed by atoms with Crippen molar-refractivity contribution in [2.75, 3.05) is 16.4 Å². The van der Waals surface area contributed by atoms with E-state index in [1.54, 1.807) is 17.0 Å². The molecule has 2 aliphatic heterocycles. The van der Waals surface area contributed by atoms with Gasteiger partial charge >= 0.3 is 0 Å². The van der Waals surface area contributed by atoms with Crippen LogP contribution in [0.15, 0.2) is 27.7 Å². The minimum absolute atomic E-state index is 0.0258. The number of fused-ring (bicyclic) bond motifs is 1. The van der Waals surface area contributed by atoms with E-state index in [2.05, 4.69) is 20.9 Å². The molecule has 0 aromatic heterocycles. The number of carbonyl (C=O) groups is 1. The highest BCUT2D eigenvalue weighted by atomic mass is 79.9. The van der Waals surface area contributed by atoms with Gasteiger partial charge in [-0.3, -0.25) is 4.79 Å². The van der Waals surface area contributed by atoms with Gasteiger partial charge in [0.25, 0.3) is 0 Å². The van der Waals surface area contributed by atoms with Crippen LogP contribution < -0.4 is 4.90 Å². The summed E-state index contributed by atoms with van der Waals surface area (Å²) in [6.45, 7) is 1.88. The zero-order valence-corrected chi connectivity index (χ0v) is 16.1. The summed E-state index contributed by atoms with van der Waals surface area (Å²) in [4.78, 5) is 17.6. The molecule has 0 radical (unpaired) electrons. The summed E-state index contributed by atoms with van der Waals surface area (Å²) in [5.74, 6) is -0.782. The lowest BCUT2D eigenvalue weighted by molar-refractivity contribution is -0.117. The number of rotatable bonds is 3. The standard InChI is InChI=1S/C15H16BrFN2O3S2/c1-2-3-14(20)18-15-19(11-5-4-9(16)6-10(11)17)12-7-24(21,22)8-13(12)23-15/h4-6,12-13H,2-3,7-8H2,1H3/t12-,13+/m1/s1. The third kappa shape index (κ3) is 3.52. The molecule has 2 heterocycles. The Kier molecular flexibility index (Phi) is 5.04. The minimum Gasteiger partial charge on any atom is -0.313 e. The van der Waals surface area contributed by atoms with Crippen LogP contribution in [0.1, 0.15) is 19.8 Å². The summed E-state index contributed by atoms with van der Waals surface area (Å²) in [5.41, 5.74) is 0.248. The van der Waals surface area contributed by atoms with Crippen molar-refractivity contribution in [2.24, 2.45) is 4.99 Å². The minimum atomic E-state index is -3.16. The van der Waals surface area contributed by atoms with Crippen molar-refractivity contribution in [3.8, 4) is 0 Å². The molecular weight excluding hydrogens is 419 g/mol. The third-order valence-electron chi connectivity index (χ3n) is 3.92. The van der Waals surface area contributed by atoms with E-state index in [0.717, 1.165) is 0 Å². The van der Waals surface area contributed by atoms with Gasteiger partial charge in [-0.1, -0.05) is 34.6 Å². The molecule has 3 rings (SSSR count). The smallest absolute Gasteiger partial charge is 0.248 e. The molecule has 1 aromatic rings. The molecule has 2 fully saturated rings. The van der Waals surface area contributed by atoms with Gasteiger partial charge in [0.1, 0.15) is 5.82 Å². The van der Waals surface area contributed by atoms with E-state index < -0.39 is 21.7 Å². The van der Waals surface area contributed by atoms with Crippen LogP contribution in [0.3, 0.4) is 0 Å². The normalized spacial score (nSPS) is 26.8. The van der Waals surface area contributed by atoms with Gasteiger partial charge in [0.2, 0.25) is 5.91 Å². The first-order valence-electron chi connectivity index (χ1n) is 7.53. The van der Waals surface area contributed by atoms with Crippen LogP contribution in [0.25, 0.3) is 0 Å². The Bertz CT molecular complexity index is 813. The number of amides is 1. The van der Waals surface area contributed by atoms with Crippen molar-refractivity contribution in [3.05, 3.63) is 28.5 Å². The van der Waals surface area contributed by atoms with Crippen LogP contribution in [0, 0.1) is 5.82 Å². The van der Waals surface area contributed by atoms with E-state index in [0.29, 0.717) is 22.5 Å². The predicted octanol–water partition coefficient (Wildman–Crippen LogP) is 2.99. The van der Waals surface area contributed by atoms with Crippen LogP contribution in [0.2, 0.25) is 0 Å². The molecule has 0 N–H and O–H groups in total. The molecular formula is C15H16BrFN2O3S2. The van der Waals surface area contributed by atoms with E-state index in [9.17, 15) is 17.6 Å². The lowest BCUT2D eigenvalue weighted by Crippen LogP contribution is -2.38. The number of benzene rings is 1. The first kappa shape index (κ1) is 17.9. The maximum Gasteiger partial charge on any atom is 0.248 e. The number of hydrogen-bond donors (Lipinski definition) is 0. The van der Waals surface area contributed by atoms with E-state index in [1.807, 2.05) is 6.92 Å². The fourth-order valence-electron chi connectivity index (χ4n) is 2.90. The predicted molar refractivity (Wildman–Crippen MR) is 97.7 cm³/mol. The Labute approximate surface area is 152 Å². The van der Waals surface area contributed by atoms with Crippen molar-refractivity contribution >= 4 is 54.3 Å². The van der Waals surface area contributed by atoms with Crippen molar-refractivity contribution in [1.82, 2.24) is 0 Å². The monoisotopic (exact) mass is 434 g/mol. The summed E-state index contributed by atoms with van der Waals surface area (Å²) in [6, 6.07) is 4.18. The van der Waals surface area contributed by atoms with Gasteiger partial charge in [0, 0.05) is 16.1 Å².